The molecule has 3 nitrogen and oxygen atoms in total. The number of hydrogen-bond donors (Lipinski definition) is 1. The molecule has 0 fully saturated rings. The van der Waals surface area contributed by atoms with Gasteiger partial charge in [-0.1, -0.05) is 33.6 Å². The van der Waals surface area contributed by atoms with E-state index in [0.29, 0.717) is 5.92 Å². The Bertz CT molecular complexity index is 323. The van der Waals surface area contributed by atoms with Crippen LogP contribution in [-0.4, -0.2) is 32.0 Å². The van der Waals surface area contributed by atoms with Crippen molar-refractivity contribution < 1.29 is 8.42 Å². The molecule has 0 saturated heterocycles. The van der Waals surface area contributed by atoms with Gasteiger partial charge in [-0.25, -0.2) is 8.42 Å². The molecule has 0 spiro atoms. The fourth-order valence-corrected chi connectivity index (χ4v) is 2.90. The molecule has 0 rings (SSSR count). The number of rotatable bonds is 9. The molecule has 4 heteroatoms. The molecule has 0 aromatic heterocycles. The third-order valence-electron chi connectivity index (χ3n) is 3.86. The van der Waals surface area contributed by atoms with Gasteiger partial charge in [0, 0.05) is 12.3 Å². The van der Waals surface area contributed by atoms with Gasteiger partial charge in [0.15, 0.2) is 9.84 Å². The number of hydrogen-bond acceptors (Lipinski definition) is 3. The highest BCUT2D eigenvalue weighted by Gasteiger charge is 2.38. The van der Waals surface area contributed by atoms with Gasteiger partial charge in [0.05, 0.1) is 4.75 Å². The van der Waals surface area contributed by atoms with Gasteiger partial charge in [-0.15, -0.1) is 0 Å². The van der Waals surface area contributed by atoms with E-state index >= 15 is 0 Å². The summed E-state index contributed by atoms with van der Waals surface area (Å²) in [6.07, 6.45) is 5.61. The first-order chi connectivity index (χ1) is 8.16. The van der Waals surface area contributed by atoms with Crippen LogP contribution in [0.4, 0.5) is 0 Å². The van der Waals surface area contributed by atoms with E-state index in [1.54, 1.807) is 0 Å². The summed E-state index contributed by atoms with van der Waals surface area (Å²) in [5, 5.41) is 3.43. The van der Waals surface area contributed by atoms with E-state index in [1.807, 2.05) is 13.8 Å². The Kier molecular flexibility index (Phi) is 7.45. The smallest absolute Gasteiger partial charge is 0.154 e. The first-order valence-electron chi connectivity index (χ1n) is 7.09. The molecule has 0 aliphatic carbocycles. The van der Waals surface area contributed by atoms with Crippen molar-refractivity contribution in [2.45, 2.75) is 71.1 Å². The standard InChI is InChI=1S/C14H31NO2S/c1-7-9-12(3)11-13(15-10-8-2)14(4,5)18(6,16)17/h12-13,15H,7-11H2,1-6H3. The van der Waals surface area contributed by atoms with Gasteiger partial charge >= 0.3 is 0 Å². The van der Waals surface area contributed by atoms with E-state index in [1.165, 1.54) is 6.26 Å². The predicted octanol–water partition coefficient (Wildman–Crippen LogP) is 3.00. The maximum Gasteiger partial charge on any atom is 0.154 e. The Hall–Kier alpha value is -0.0900. The van der Waals surface area contributed by atoms with Gasteiger partial charge in [-0.05, 0) is 39.2 Å². The summed E-state index contributed by atoms with van der Waals surface area (Å²) < 4.78 is 23.2. The minimum Gasteiger partial charge on any atom is -0.312 e. The van der Waals surface area contributed by atoms with Crippen molar-refractivity contribution in [1.29, 1.82) is 0 Å². The summed E-state index contributed by atoms with van der Waals surface area (Å²) in [6.45, 7) is 11.0. The lowest BCUT2D eigenvalue weighted by atomic mass is 9.90. The van der Waals surface area contributed by atoms with Crippen molar-refractivity contribution in [3.8, 4) is 0 Å². The molecular formula is C14H31NO2S. The quantitative estimate of drug-likeness (QED) is 0.704. The van der Waals surface area contributed by atoms with Crippen LogP contribution >= 0.6 is 0 Å². The molecule has 0 aromatic rings. The molecule has 0 aliphatic rings. The minimum atomic E-state index is -3.06. The average molecular weight is 277 g/mol. The Morgan fingerprint density at radius 2 is 1.72 bits per heavy atom. The molecule has 0 radical (unpaired) electrons. The second kappa shape index (κ2) is 7.49. The van der Waals surface area contributed by atoms with Gasteiger partial charge in [0.2, 0.25) is 0 Å². The monoisotopic (exact) mass is 277 g/mol. The second-order valence-electron chi connectivity index (χ2n) is 6.01. The first kappa shape index (κ1) is 17.9. The Balaban J connectivity index is 4.87. The summed E-state index contributed by atoms with van der Waals surface area (Å²) in [6, 6.07) is 0.0361. The summed E-state index contributed by atoms with van der Waals surface area (Å²) in [7, 11) is -3.06. The van der Waals surface area contributed by atoms with Gasteiger partial charge < -0.3 is 5.32 Å². The van der Waals surface area contributed by atoms with Crippen LogP contribution < -0.4 is 5.32 Å². The molecule has 0 amide bonds. The molecule has 0 aromatic carbocycles. The van der Waals surface area contributed by atoms with Crippen LogP contribution in [0.1, 0.15) is 60.3 Å². The largest absolute Gasteiger partial charge is 0.312 e. The van der Waals surface area contributed by atoms with Gasteiger partial charge in [-0.3, -0.25) is 0 Å². The predicted molar refractivity (Wildman–Crippen MR) is 79.7 cm³/mol. The van der Waals surface area contributed by atoms with E-state index in [2.05, 4.69) is 26.1 Å². The summed E-state index contributed by atoms with van der Waals surface area (Å²) in [4.78, 5) is 0. The maximum atomic E-state index is 12.0. The molecule has 0 bridgehead atoms. The zero-order valence-electron chi connectivity index (χ0n) is 12.9. The lowest BCUT2D eigenvalue weighted by Crippen LogP contribution is -2.52. The highest BCUT2D eigenvalue weighted by Crippen LogP contribution is 2.26. The Morgan fingerprint density at radius 1 is 1.17 bits per heavy atom. The SMILES string of the molecule is CCCNC(CC(C)CCC)C(C)(C)S(C)(=O)=O. The molecule has 0 saturated carbocycles. The van der Waals surface area contributed by atoms with Crippen molar-refractivity contribution in [1.82, 2.24) is 5.32 Å². The zero-order valence-corrected chi connectivity index (χ0v) is 13.7. The van der Waals surface area contributed by atoms with E-state index in [9.17, 15) is 8.42 Å². The van der Waals surface area contributed by atoms with Gasteiger partial charge in [0.1, 0.15) is 0 Å². The molecule has 2 unspecified atom stereocenters. The van der Waals surface area contributed by atoms with E-state index in [0.717, 1.165) is 32.2 Å². The fraction of sp³-hybridized carbons (Fsp3) is 1.00. The molecule has 2 atom stereocenters. The Labute approximate surface area is 114 Å². The topological polar surface area (TPSA) is 46.2 Å². The Morgan fingerprint density at radius 3 is 2.11 bits per heavy atom. The average Bonchev–Trinajstić information content (AvgIpc) is 2.22. The highest BCUT2D eigenvalue weighted by atomic mass is 32.2. The van der Waals surface area contributed by atoms with Crippen molar-refractivity contribution in [2.75, 3.05) is 12.8 Å². The second-order valence-corrected chi connectivity index (χ2v) is 8.61. The maximum absolute atomic E-state index is 12.0. The van der Waals surface area contributed by atoms with E-state index in [4.69, 9.17) is 0 Å². The fourth-order valence-electron chi connectivity index (χ4n) is 2.20. The van der Waals surface area contributed by atoms with Crippen LogP contribution in [0.5, 0.6) is 0 Å². The lowest BCUT2D eigenvalue weighted by molar-refractivity contribution is 0.329. The van der Waals surface area contributed by atoms with Crippen LogP contribution in [0.25, 0.3) is 0 Å². The van der Waals surface area contributed by atoms with Gasteiger partial charge in [-0.2, -0.15) is 0 Å². The zero-order chi connectivity index (χ0) is 14.4. The first-order valence-corrected chi connectivity index (χ1v) is 8.98. The molecular weight excluding hydrogens is 246 g/mol. The summed E-state index contributed by atoms with van der Waals surface area (Å²) in [5.41, 5.74) is 0. The van der Waals surface area contributed by atoms with Gasteiger partial charge in [0.25, 0.3) is 0 Å². The molecule has 0 heterocycles. The third-order valence-corrected chi connectivity index (χ3v) is 6.05. The molecule has 1 N–H and O–H groups in total. The lowest BCUT2D eigenvalue weighted by Gasteiger charge is -2.35. The van der Waals surface area contributed by atoms with Crippen molar-refractivity contribution in [2.24, 2.45) is 5.92 Å². The van der Waals surface area contributed by atoms with E-state index in [-0.39, 0.29) is 6.04 Å². The van der Waals surface area contributed by atoms with Crippen molar-refractivity contribution in [3.05, 3.63) is 0 Å². The van der Waals surface area contributed by atoms with Crippen LogP contribution in [0.3, 0.4) is 0 Å². The van der Waals surface area contributed by atoms with Crippen molar-refractivity contribution >= 4 is 9.84 Å². The van der Waals surface area contributed by atoms with E-state index < -0.39 is 14.6 Å². The van der Waals surface area contributed by atoms with Crippen LogP contribution in [0.15, 0.2) is 0 Å². The van der Waals surface area contributed by atoms with Crippen LogP contribution in [0, 0.1) is 5.92 Å². The minimum absolute atomic E-state index is 0.0361. The number of sulfone groups is 1. The molecule has 18 heavy (non-hydrogen) atoms. The highest BCUT2D eigenvalue weighted by molar-refractivity contribution is 7.92. The third kappa shape index (κ3) is 5.27. The van der Waals surface area contributed by atoms with Crippen LogP contribution in [0.2, 0.25) is 0 Å². The summed E-state index contributed by atoms with van der Waals surface area (Å²) in [5.74, 6) is 0.561. The van der Waals surface area contributed by atoms with Crippen molar-refractivity contribution in [3.63, 3.8) is 0 Å². The number of nitrogens with one attached hydrogen (secondary N) is 1. The molecule has 110 valence electrons. The van der Waals surface area contributed by atoms with Crippen LogP contribution in [-0.2, 0) is 9.84 Å². The molecule has 0 aliphatic heterocycles. The summed E-state index contributed by atoms with van der Waals surface area (Å²) >= 11 is 0. The normalized spacial score (nSPS) is 16.6.